The van der Waals surface area contributed by atoms with Gasteiger partial charge in [0.15, 0.2) is 11.9 Å². The largest absolute Gasteiger partial charge is 0.441 e. The molecule has 144 valence electrons. The minimum atomic E-state index is -0.617. The van der Waals surface area contributed by atoms with E-state index in [1.807, 2.05) is 0 Å². The molecule has 2 amide bonds. The van der Waals surface area contributed by atoms with E-state index in [1.165, 1.54) is 6.92 Å². The van der Waals surface area contributed by atoms with E-state index in [2.05, 4.69) is 10.6 Å². The van der Waals surface area contributed by atoms with E-state index in [0.29, 0.717) is 17.9 Å². The molecule has 3 aliphatic rings. The summed E-state index contributed by atoms with van der Waals surface area (Å²) >= 11 is 0. The topological polar surface area (TPSA) is 103 Å². The van der Waals surface area contributed by atoms with E-state index in [4.69, 9.17) is 14.2 Å². The van der Waals surface area contributed by atoms with Crippen LogP contribution in [-0.4, -0.2) is 55.4 Å². The van der Waals surface area contributed by atoms with Gasteiger partial charge in [-0.1, -0.05) is 0 Å². The Hall–Kier alpha value is -2.45. The highest BCUT2D eigenvalue weighted by atomic mass is 16.6. The standard InChI is InChI=1S/C19H22N2O6/c1-10(22)11-4-6-13(7-5-11)20-19(24)27-15-9-26-16-14(8-25-17(15)16)21-18(23)12-2-3-12/h4-7,12,14-17H,2-3,8-9H2,1H3,(H,20,24)(H,21,23)/t14-,15+,16+,17+/m0/s1. The molecule has 3 fully saturated rings. The SMILES string of the molecule is CC(=O)c1ccc(NC(=O)O[C@@H]2CO[C@H]3[C@@H]2OC[C@@H]3NC(=O)C2CC2)cc1. The van der Waals surface area contributed by atoms with Gasteiger partial charge in [-0.2, -0.15) is 0 Å². The number of carbonyl (C=O) groups is 3. The number of benzene rings is 1. The van der Waals surface area contributed by atoms with Crippen molar-refractivity contribution >= 4 is 23.5 Å². The van der Waals surface area contributed by atoms with Crippen LogP contribution in [-0.2, 0) is 19.0 Å². The molecule has 27 heavy (non-hydrogen) atoms. The number of rotatable bonds is 5. The fourth-order valence-electron chi connectivity index (χ4n) is 3.41. The quantitative estimate of drug-likeness (QED) is 0.757. The number of carbonyl (C=O) groups excluding carboxylic acids is 3. The number of anilines is 1. The van der Waals surface area contributed by atoms with Gasteiger partial charge in [-0.15, -0.1) is 0 Å². The maximum atomic E-state index is 12.2. The third-order valence-electron chi connectivity index (χ3n) is 5.08. The van der Waals surface area contributed by atoms with Crippen molar-refractivity contribution in [1.29, 1.82) is 0 Å². The first-order chi connectivity index (χ1) is 13.0. The first-order valence-electron chi connectivity index (χ1n) is 9.13. The molecular weight excluding hydrogens is 352 g/mol. The molecule has 1 aliphatic carbocycles. The Morgan fingerprint density at radius 3 is 2.41 bits per heavy atom. The lowest BCUT2D eigenvalue weighted by atomic mass is 10.1. The average Bonchev–Trinajstić information content (AvgIpc) is 3.32. The molecule has 0 radical (unpaired) electrons. The van der Waals surface area contributed by atoms with E-state index in [1.54, 1.807) is 24.3 Å². The smallest absolute Gasteiger partial charge is 0.412 e. The number of ketones is 1. The van der Waals surface area contributed by atoms with Crippen molar-refractivity contribution in [2.75, 3.05) is 18.5 Å². The predicted octanol–water partition coefficient (Wildman–Crippen LogP) is 1.50. The zero-order valence-corrected chi connectivity index (χ0v) is 15.0. The lowest BCUT2D eigenvalue weighted by Crippen LogP contribution is -2.45. The lowest BCUT2D eigenvalue weighted by molar-refractivity contribution is -0.123. The monoisotopic (exact) mass is 374 g/mol. The molecule has 4 atom stereocenters. The van der Waals surface area contributed by atoms with Gasteiger partial charge in [0.2, 0.25) is 5.91 Å². The number of hydrogen-bond acceptors (Lipinski definition) is 6. The summed E-state index contributed by atoms with van der Waals surface area (Å²) in [4.78, 5) is 35.4. The zero-order chi connectivity index (χ0) is 19.0. The van der Waals surface area contributed by atoms with Crippen LogP contribution in [0.25, 0.3) is 0 Å². The Morgan fingerprint density at radius 1 is 1.04 bits per heavy atom. The van der Waals surface area contributed by atoms with Crippen LogP contribution in [0.4, 0.5) is 10.5 Å². The van der Waals surface area contributed by atoms with Gasteiger partial charge in [0.25, 0.3) is 0 Å². The van der Waals surface area contributed by atoms with Gasteiger partial charge in [0.05, 0.1) is 19.3 Å². The van der Waals surface area contributed by atoms with E-state index in [9.17, 15) is 14.4 Å². The fraction of sp³-hybridized carbons (Fsp3) is 0.526. The van der Waals surface area contributed by atoms with Crippen LogP contribution in [0.5, 0.6) is 0 Å². The normalized spacial score (nSPS) is 29.1. The number of nitrogens with one attached hydrogen (secondary N) is 2. The third kappa shape index (κ3) is 3.96. The zero-order valence-electron chi connectivity index (χ0n) is 15.0. The van der Waals surface area contributed by atoms with Gasteiger partial charge in [-0.3, -0.25) is 14.9 Å². The summed E-state index contributed by atoms with van der Waals surface area (Å²) in [5.41, 5.74) is 1.10. The van der Waals surface area contributed by atoms with Gasteiger partial charge in [-0.05, 0) is 44.0 Å². The molecule has 8 nitrogen and oxygen atoms in total. The lowest BCUT2D eigenvalue weighted by Gasteiger charge is -2.18. The molecule has 0 spiro atoms. The van der Waals surface area contributed by atoms with Crippen molar-refractivity contribution in [2.45, 2.75) is 44.1 Å². The molecular formula is C19H22N2O6. The van der Waals surface area contributed by atoms with E-state index in [-0.39, 0.29) is 42.5 Å². The Balaban J connectivity index is 1.29. The molecule has 2 N–H and O–H groups in total. The van der Waals surface area contributed by atoms with Crippen LogP contribution in [0.3, 0.4) is 0 Å². The third-order valence-corrected chi connectivity index (χ3v) is 5.08. The number of ether oxygens (including phenoxy) is 3. The van der Waals surface area contributed by atoms with Gasteiger partial charge < -0.3 is 19.5 Å². The van der Waals surface area contributed by atoms with Crippen LogP contribution in [0.1, 0.15) is 30.1 Å². The van der Waals surface area contributed by atoms with Crippen molar-refractivity contribution in [3.63, 3.8) is 0 Å². The minimum Gasteiger partial charge on any atom is -0.441 e. The van der Waals surface area contributed by atoms with Crippen molar-refractivity contribution in [2.24, 2.45) is 5.92 Å². The maximum absolute atomic E-state index is 12.2. The molecule has 2 saturated heterocycles. The highest BCUT2D eigenvalue weighted by molar-refractivity contribution is 5.95. The molecule has 0 bridgehead atoms. The second-order valence-electron chi connectivity index (χ2n) is 7.19. The summed E-state index contributed by atoms with van der Waals surface area (Å²) in [6.45, 7) is 2.05. The fourth-order valence-corrected chi connectivity index (χ4v) is 3.41. The van der Waals surface area contributed by atoms with Crippen molar-refractivity contribution < 1.29 is 28.6 Å². The molecule has 2 heterocycles. The van der Waals surface area contributed by atoms with E-state index < -0.39 is 12.2 Å². The summed E-state index contributed by atoms with van der Waals surface area (Å²) in [6, 6.07) is 6.35. The van der Waals surface area contributed by atoms with Gasteiger partial charge in [0, 0.05) is 17.2 Å². The van der Waals surface area contributed by atoms with Crippen LogP contribution >= 0.6 is 0 Å². The van der Waals surface area contributed by atoms with E-state index in [0.717, 1.165) is 12.8 Å². The summed E-state index contributed by atoms with van der Waals surface area (Å²) in [6.07, 6.45) is 0.0327. The Labute approximate surface area is 156 Å². The van der Waals surface area contributed by atoms with E-state index >= 15 is 0 Å². The van der Waals surface area contributed by atoms with Gasteiger partial charge in [0.1, 0.15) is 12.2 Å². The number of amides is 2. The summed E-state index contributed by atoms with van der Waals surface area (Å²) in [5.74, 6) is 0.127. The Kier molecular flexibility index (Phi) is 4.84. The van der Waals surface area contributed by atoms with Crippen molar-refractivity contribution in [3.05, 3.63) is 29.8 Å². The number of Topliss-reactive ketones (excluding diaryl/α,β-unsaturated/α-hetero) is 1. The highest BCUT2D eigenvalue weighted by Gasteiger charge is 2.50. The Morgan fingerprint density at radius 2 is 1.74 bits per heavy atom. The first kappa shape index (κ1) is 17.9. The van der Waals surface area contributed by atoms with Crippen LogP contribution in [0.15, 0.2) is 24.3 Å². The van der Waals surface area contributed by atoms with Crippen LogP contribution < -0.4 is 10.6 Å². The highest BCUT2D eigenvalue weighted by Crippen LogP contribution is 2.32. The summed E-state index contributed by atoms with van der Waals surface area (Å²) in [7, 11) is 0. The molecule has 1 aromatic rings. The number of fused-ring (bicyclic) bond motifs is 1. The maximum Gasteiger partial charge on any atom is 0.412 e. The molecule has 1 aromatic carbocycles. The predicted molar refractivity (Wildman–Crippen MR) is 94.5 cm³/mol. The van der Waals surface area contributed by atoms with Crippen LogP contribution in [0, 0.1) is 5.92 Å². The summed E-state index contributed by atoms with van der Waals surface area (Å²) in [5, 5.41) is 5.60. The van der Waals surface area contributed by atoms with Gasteiger partial charge in [-0.25, -0.2) is 4.79 Å². The van der Waals surface area contributed by atoms with Crippen LogP contribution in [0.2, 0.25) is 0 Å². The molecule has 1 saturated carbocycles. The first-order valence-corrected chi connectivity index (χ1v) is 9.13. The average molecular weight is 374 g/mol. The molecule has 8 heteroatoms. The van der Waals surface area contributed by atoms with Gasteiger partial charge >= 0.3 is 6.09 Å². The minimum absolute atomic E-state index is 0.0417. The second-order valence-corrected chi connectivity index (χ2v) is 7.19. The van der Waals surface area contributed by atoms with Crippen molar-refractivity contribution in [1.82, 2.24) is 5.32 Å². The molecule has 4 rings (SSSR count). The molecule has 2 aliphatic heterocycles. The second kappa shape index (κ2) is 7.28. The molecule has 0 aromatic heterocycles. The number of hydrogen-bond donors (Lipinski definition) is 2. The molecule has 0 unspecified atom stereocenters. The Bertz CT molecular complexity index is 745. The van der Waals surface area contributed by atoms with Crippen molar-refractivity contribution in [3.8, 4) is 0 Å². The summed E-state index contributed by atoms with van der Waals surface area (Å²) < 4.78 is 16.9.